The van der Waals surface area contributed by atoms with E-state index < -0.39 is 6.09 Å². The summed E-state index contributed by atoms with van der Waals surface area (Å²) < 4.78 is 5.08. The number of halogens is 1. The zero-order valence-corrected chi connectivity index (χ0v) is 12.2. The van der Waals surface area contributed by atoms with E-state index >= 15 is 0 Å². The predicted molar refractivity (Wildman–Crippen MR) is 75.7 cm³/mol. The second-order valence-electron chi connectivity index (χ2n) is 4.60. The molecule has 1 atom stereocenters. The molecule has 1 N–H and O–H groups in total. The van der Waals surface area contributed by atoms with Gasteiger partial charge in [0.1, 0.15) is 0 Å². The first-order valence-electron chi connectivity index (χ1n) is 6.23. The first kappa shape index (κ1) is 15.8. The lowest BCUT2D eigenvalue weighted by atomic mass is 10.0. The lowest BCUT2D eigenvalue weighted by Crippen LogP contribution is -2.39. The Bertz CT molecular complexity index is 423. The van der Waals surface area contributed by atoms with Crippen molar-refractivity contribution in [2.24, 2.45) is 0 Å². The van der Waals surface area contributed by atoms with Gasteiger partial charge in [-0.1, -0.05) is 29.8 Å². The zero-order chi connectivity index (χ0) is 14.4. The first-order valence-corrected chi connectivity index (χ1v) is 6.61. The topological polar surface area (TPSA) is 49.8 Å². The number of hydrogen-bond acceptors (Lipinski definition) is 2. The van der Waals surface area contributed by atoms with Crippen molar-refractivity contribution in [3.05, 3.63) is 34.9 Å². The molecule has 1 rings (SSSR count). The second kappa shape index (κ2) is 7.36. The Morgan fingerprint density at radius 3 is 2.53 bits per heavy atom. The van der Waals surface area contributed by atoms with Crippen LogP contribution in [0, 0.1) is 0 Å². The Balaban J connectivity index is 3.13. The summed E-state index contributed by atoms with van der Waals surface area (Å²) in [5, 5.41) is 9.99. The molecule has 1 amide bonds. The third-order valence-corrected chi connectivity index (χ3v) is 3.32. The van der Waals surface area contributed by atoms with E-state index in [0.717, 1.165) is 5.56 Å². The van der Waals surface area contributed by atoms with E-state index in [4.69, 9.17) is 16.3 Å². The molecule has 106 valence electrons. The third-order valence-electron chi connectivity index (χ3n) is 2.97. The SMILES string of the molecule is COCC[C@H](c1ccccc1Cl)N(C(=O)O)C(C)C. The summed E-state index contributed by atoms with van der Waals surface area (Å²) in [5.41, 5.74) is 0.817. The largest absolute Gasteiger partial charge is 0.465 e. The van der Waals surface area contributed by atoms with E-state index in [9.17, 15) is 9.90 Å². The molecule has 0 fully saturated rings. The molecule has 0 bridgehead atoms. The fraction of sp³-hybridized carbons (Fsp3) is 0.500. The molecule has 1 aromatic carbocycles. The van der Waals surface area contributed by atoms with E-state index in [1.807, 2.05) is 32.0 Å². The van der Waals surface area contributed by atoms with Crippen LogP contribution < -0.4 is 0 Å². The number of carbonyl (C=O) groups is 1. The molecule has 0 saturated carbocycles. The minimum Gasteiger partial charge on any atom is -0.465 e. The highest BCUT2D eigenvalue weighted by Crippen LogP contribution is 2.31. The maximum absolute atomic E-state index is 11.5. The smallest absolute Gasteiger partial charge is 0.408 e. The molecular formula is C14H20ClNO3. The summed E-state index contributed by atoms with van der Waals surface area (Å²) in [7, 11) is 1.60. The molecular weight excluding hydrogens is 266 g/mol. The monoisotopic (exact) mass is 285 g/mol. The van der Waals surface area contributed by atoms with Gasteiger partial charge in [-0.3, -0.25) is 4.90 Å². The molecule has 4 nitrogen and oxygen atoms in total. The van der Waals surface area contributed by atoms with Crippen LogP contribution in [0.2, 0.25) is 5.02 Å². The highest BCUT2D eigenvalue weighted by atomic mass is 35.5. The summed E-state index contributed by atoms with van der Waals surface area (Å²) in [6, 6.07) is 6.90. The molecule has 0 aliphatic heterocycles. The normalized spacial score (nSPS) is 12.5. The van der Waals surface area contributed by atoms with Crippen LogP contribution in [-0.2, 0) is 4.74 Å². The van der Waals surface area contributed by atoms with Crippen LogP contribution in [0.4, 0.5) is 4.79 Å². The minimum atomic E-state index is -0.948. The van der Waals surface area contributed by atoms with Crippen LogP contribution in [0.15, 0.2) is 24.3 Å². The summed E-state index contributed by atoms with van der Waals surface area (Å²) in [4.78, 5) is 12.9. The fourth-order valence-corrected chi connectivity index (χ4v) is 2.40. The number of carboxylic acid groups (broad SMARTS) is 1. The van der Waals surface area contributed by atoms with Crippen molar-refractivity contribution in [2.45, 2.75) is 32.4 Å². The Hall–Kier alpha value is -1.26. The Morgan fingerprint density at radius 1 is 1.42 bits per heavy atom. The molecule has 0 radical (unpaired) electrons. The van der Waals surface area contributed by atoms with Gasteiger partial charge in [0.25, 0.3) is 0 Å². The van der Waals surface area contributed by atoms with Gasteiger partial charge in [0.15, 0.2) is 0 Å². The van der Waals surface area contributed by atoms with Crippen molar-refractivity contribution in [2.75, 3.05) is 13.7 Å². The van der Waals surface area contributed by atoms with Gasteiger partial charge in [0.05, 0.1) is 6.04 Å². The van der Waals surface area contributed by atoms with E-state index in [-0.39, 0.29) is 12.1 Å². The van der Waals surface area contributed by atoms with Crippen LogP contribution >= 0.6 is 11.6 Å². The molecule has 0 heterocycles. The molecule has 0 spiro atoms. The molecule has 0 saturated heterocycles. The molecule has 19 heavy (non-hydrogen) atoms. The molecule has 0 aliphatic rings. The van der Waals surface area contributed by atoms with E-state index in [2.05, 4.69) is 0 Å². The van der Waals surface area contributed by atoms with E-state index in [1.165, 1.54) is 4.90 Å². The Kier molecular flexibility index (Phi) is 6.12. The van der Waals surface area contributed by atoms with Crippen molar-refractivity contribution >= 4 is 17.7 Å². The molecule has 1 aromatic rings. The molecule has 5 heteroatoms. The maximum atomic E-state index is 11.5. The summed E-state index contributed by atoms with van der Waals surface area (Å²) >= 11 is 6.19. The van der Waals surface area contributed by atoms with Gasteiger partial charge >= 0.3 is 6.09 Å². The third kappa shape index (κ3) is 4.11. The van der Waals surface area contributed by atoms with Gasteiger partial charge in [-0.15, -0.1) is 0 Å². The number of hydrogen-bond donors (Lipinski definition) is 1. The van der Waals surface area contributed by atoms with Crippen molar-refractivity contribution < 1.29 is 14.6 Å². The number of nitrogens with zero attached hydrogens (tertiary/aromatic N) is 1. The van der Waals surface area contributed by atoms with E-state index in [0.29, 0.717) is 18.1 Å². The predicted octanol–water partition coefficient (Wildman–Crippen LogP) is 3.81. The molecule has 0 aromatic heterocycles. The number of methoxy groups -OCH3 is 1. The second-order valence-corrected chi connectivity index (χ2v) is 5.01. The quantitative estimate of drug-likeness (QED) is 0.865. The Labute approximate surface area is 118 Å². The highest BCUT2D eigenvalue weighted by Gasteiger charge is 2.28. The average Bonchev–Trinajstić information content (AvgIpc) is 2.34. The van der Waals surface area contributed by atoms with E-state index in [1.54, 1.807) is 13.2 Å². The van der Waals surface area contributed by atoms with Crippen LogP contribution in [0.3, 0.4) is 0 Å². The summed E-state index contributed by atoms with van der Waals surface area (Å²) in [6.07, 6.45) is -0.374. The lowest BCUT2D eigenvalue weighted by Gasteiger charge is -2.33. The highest BCUT2D eigenvalue weighted by molar-refractivity contribution is 6.31. The molecule has 0 unspecified atom stereocenters. The van der Waals surface area contributed by atoms with Crippen molar-refractivity contribution in [3.63, 3.8) is 0 Å². The van der Waals surface area contributed by atoms with Crippen molar-refractivity contribution in [1.29, 1.82) is 0 Å². The lowest BCUT2D eigenvalue weighted by molar-refractivity contribution is 0.0890. The van der Waals surface area contributed by atoms with Crippen LogP contribution in [0.5, 0.6) is 0 Å². The van der Waals surface area contributed by atoms with Gasteiger partial charge in [-0.05, 0) is 31.9 Å². The van der Waals surface area contributed by atoms with Crippen molar-refractivity contribution in [1.82, 2.24) is 4.90 Å². The Morgan fingerprint density at radius 2 is 2.05 bits per heavy atom. The maximum Gasteiger partial charge on any atom is 0.408 e. The summed E-state index contributed by atoms with van der Waals surface area (Å²) in [5.74, 6) is 0. The van der Waals surface area contributed by atoms with Gasteiger partial charge in [-0.25, -0.2) is 4.79 Å². The summed E-state index contributed by atoms with van der Waals surface area (Å²) in [6.45, 7) is 4.18. The van der Waals surface area contributed by atoms with Crippen LogP contribution in [0.25, 0.3) is 0 Å². The zero-order valence-electron chi connectivity index (χ0n) is 11.5. The van der Waals surface area contributed by atoms with Gasteiger partial charge < -0.3 is 9.84 Å². The van der Waals surface area contributed by atoms with Gasteiger partial charge in [-0.2, -0.15) is 0 Å². The standard InChI is InChI=1S/C14H20ClNO3/c1-10(2)16(14(17)18)13(8-9-19-3)11-6-4-5-7-12(11)15/h4-7,10,13H,8-9H2,1-3H3,(H,17,18)/t13-/m1/s1. The average molecular weight is 286 g/mol. The van der Waals surface area contributed by atoms with Crippen LogP contribution in [-0.4, -0.2) is 35.9 Å². The number of rotatable bonds is 6. The fourth-order valence-electron chi connectivity index (χ4n) is 2.13. The van der Waals surface area contributed by atoms with Crippen molar-refractivity contribution in [3.8, 4) is 0 Å². The first-order chi connectivity index (χ1) is 8.99. The van der Waals surface area contributed by atoms with Crippen LogP contribution in [0.1, 0.15) is 31.9 Å². The molecule has 0 aliphatic carbocycles. The van der Waals surface area contributed by atoms with Gasteiger partial charge in [0.2, 0.25) is 0 Å². The van der Waals surface area contributed by atoms with Gasteiger partial charge in [0, 0.05) is 24.8 Å². The number of amides is 1. The number of benzene rings is 1. The number of ether oxygens (including phenoxy) is 1. The minimum absolute atomic E-state index is 0.129.